The van der Waals surface area contributed by atoms with Crippen LogP contribution in [0.15, 0.2) is 200 Å². The molecule has 9 atom stereocenters. The van der Waals surface area contributed by atoms with Crippen LogP contribution in [0.5, 0.6) is 0 Å². The Balaban J connectivity index is 0.000000150. The van der Waals surface area contributed by atoms with Crippen LogP contribution in [0, 0.1) is 5.82 Å². The first-order chi connectivity index (χ1) is 55.8. The molecule has 115 heavy (non-hydrogen) atoms. The molecule has 4 fully saturated rings. The molecule has 26 nitrogen and oxygen atoms in total. The van der Waals surface area contributed by atoms with Crippen LogP contribution >= 0.6 is 0 Å². The van der Waals surface area contributed by atoms with Crippen molar-refractivity contribution in [2.45, 2.75) is 157 Å². The van der Waals surface area contributed by atoms with E-state index in [1.54, 1.807) is 40.9 Å². The number of nitrogens with two attached hydrogens (primary N) is 3. The number of likely N-dealkylation sites (tertiary alicyclic amines) is 4. The molecule has 3 aromatic heterocycles. The largest absolute Gasteiger partial charge is 0.350 e. The van der Waals surface area contributed by atoms with Crippen molar-refractivity contribution in [3.63, 3.8) is 0 Å². The van der Waals surface area contributed by atoms with E-state index in [2.05, 4.69) is 59.0 Å². The quantitative estimate of drug-likeness (QED) is 0.0284. The number of hydrogen-bond acceptors (Lipinski definition) is 17. The lowest BCUT2D eigenvalue weighted by molar-refractivity contribution is -0.140. The summed E-state index contributed by atoms with van der Waals surface area (Å²) in [6, 6.07) is 59.8. The molecule has 9 N–H and O–H groups in total. The second-order valence-corrected chi connectivity index (χ2v) is 30.7. The summed E-state index contributed by atoms with van der Waals surface area (Å²) in [6.45, 7) is 4.13. The van der Waals surface area contributed by atoms with Gasteiger partial charge in [-0.3, -0.25) is 33.6 Å². The Kier molecular flexibility index (Phi) is 27.1. The van der Waals surface area contributed by atoms with Crippen molar-refractivity contribution in [2.75, 3.05) is 32.7 Å². The van der Waals surface area contributed by atoms with E-state index < -0.39 is 36.3 Å². The van der Waals surface area contributed by atoms with Gasteiger partial charge in [0.05, 0.1) is 40.7 Å². The zero-order chi connectivity index (χ0) is 80.5. The number of aromatic nitrogens is 9. The average molecular weight is 1560 g/mol. The van der Waals surface area contributed by atoms with E-state index in [1.807, 2.05) is 190 Å². The Morgan fingerprint density at radius 2 is 0.835 bits per heavy atom. The number of fused-ring (bicyclic) bond motifs is 3. The number of aryl methyl sites for hydroxylation is 6. The lowest BCUT2D eigenvalue weighted by Gasteiger charge is -2.27. The molecule has 11 aromatic rings. The summed E-state index contributed by atoms with van der Waals surface area (Å²) in [5.41, 5.74) is 32.4. The minimum atomic E-state index is -0.828. The summed E-state index contributed by atoms with van der Waals surface area (Å²) in [7, 11) is 5.51. The Bertz CT molecular complexity index is 5140. The van der Waals surface area contributed by atoms with Gasteiger partial charge in [0.1, 0.15) is 34.5 Å². The molecule has 4 saturated heterocycles. The molecule has 7 heterocycles. The molecule has 598 valence electrons. The Labute approximate surface area is 668 Å². The van der Waals surface area contributed by atoms with Gasteiger partial charge in [-0.25, -0.2) is 18.4 Å². The zero-order valence-electron chi connectivity index (χ0n) is 65.4. The standard InChI is InChI=1S/C30H32FN5O2.C30H35N7O2.C28H35N7O3/c1-35-27-15-8-21(17-26(27)33-34-35)9-16-29(37)28-18-23(22-10-12-24(31)13-11-22)19-36(28)30(38)25(32)14-7-20-5-3-2-4-6-20;1-36-27-15-13-23(16-26(27)34-35-36)19-33-29(38)28-17-24(32-18-22-10-6-3-7-11-22)20-37(28)30(39)25(31)14-12-21-8-4-2-5-9-21;1-33-24-11-9-19(15-23(24)31-32-33)17-30-27(37)25-16-21(20-7-3-2-4-8-20)18-35(25)28(38)22(29)10-12-26(36)34-13-5-6-14-34/h2-6,8,10-13,15,17,23,25,28H,7,9,14,16,18-19,32H2,1H3;2-11,13,15-16,24-25,28,32H,12,14,17-20,31H2,1H3,(H,33,38);2-4,7-9,11,15,21-22,25H,5-6,10,12-14,16-18,29H2,1H3,(H,30,37). The van der Waals surface area contributed by atoms with Crippen LogP contribution in [0.1, 0.15) is 121 Å². The summed E-state index contributed by atoms with van der Waals surface area (Å²) in [4.78, 5) is 100. The van der Waals surface area contributed by atoms with Crippen LogP contribution < -0.4 is 33.2 Å². The number of amides is 6. The van der Waals surface area contributed by atoms with Gasteiger partial charge in [0.15, 0.2) is 5.78 Å². The lowest BCUT2D eigenvalue weighted by atomic mass is 9.93. The average Bonchev–Trinajstić information content (AvgIpc) is 1.67. The Hall–Kier alpha value is -11.8. The third-order valence-corrected chi connectivity index (χ3v) is 22.7. The number of benzene rings is 8. The number of halogens is 1. The van der Waals surface area contributed by atoms with E-state index in [4.69, 9.17) is 17.2 Å². The van der Waals surface area contributed by atoms with Crippen LogP contribution in [0.25, 0.3) is 33.1 Å². The van der Waals surface area contributed by atoms with Gasteiger partial charge in [0, 0.05) is 104 Å². The summed E-state index contributed by atoms with van der Waals surface area (Å²) in [6.07, 6.45) is 7.37. The maximum absolute atomic E-state index is 13.5. The third-order valence-electron chi connectivity index (χ3n) is 22.7. The number of carbonyl (C=O) groups is 7. The van der Waals surface area contributed by atoms with E-state index in [0.29, 0.717) is 97.1 Å². The molecule has 6 amide bonds. The first-order valence-electron chi connectivity index (χ1n) is 39.8. The highest BCUT2D eigenvalue weighted by atomic mass is 19.1. The second-order valence-electron chi connectivity index (χ2n) is 30.7. The Morgan fingerprint density at radius 1 is 0.426 bits per heavy atom. The first kappa shape index (κ1) is 81.2. The fourth-order valence-corrected chi connectivity index (χ4v) is 16.0. The van der Waals surface area contributed by atoms with Gasteiger partial charge < -0.3 is 52.8 Å². The van der Waals surface area contributed by atoms with Crippen LogP contribution in [0.4, 0.5) is 4.39 Å². The van der Waals surface area contributed by atoms with Crippen molar-refractivity contribution in [1.29, 1.82) is 0 Å². The normalized spacial score (nSPS) is 18.7. The number of Topliss-reactive ketones (excluding diaryl/α,β-unsaturated/α-hetero) is 1. The third kappa shape index (κ3) is 20.8. The molecule has 15 rings (SSSR count). The van der Waals surface area contributed by atoms with E-state index in [-0.39, 0.29) is 77.8 Å². The van der Waals surface area contributed by atoms with Gasteiger partial charge in [0.2, 0.25) is 35.4 Å². The van der Waals surface area contributed by atoms with Crippen molar-refractivity contribution in [1.82, 2.24) is 80.5 Å². The summed E-state index contributed by atoms with van der Waals surface area (Å²) in [5, 5.41) is 34.1. The van der Waals surface area contributed by atoms with Crippen molar-refractivity contribution in [2.24, 2.45) is 38.3 Å². The first-order valence-corrected chi connectivity index (χ1v) is 39.8. The molecule has 27 heteroatoms. The van der Waals surface area contributed by atoms with Gasteiger partial charge in [0.25, 0.3) is 0 Å². The summed E-state index contributed by atoms with van der Waals surface area (Å²) in [5.74, 6) is -1.33. The van der Waals surface area contributed by atoms with Crippen LogP contribution in [-0.4, -0.2) is 181 Å². The summed E-state index contributed by atoms with van der Waals surface area (Å²) < 4.78 is 18.7. The van der Waals surface area contributed by atoms with Crippen molar-refractivity contribution in [3.05, 3.63) is 251 Å². The van der Waals surface area contributed by atoms with Crippen molar-refractivity contribution >= 4 is 74.3 Å². The highest BCUT2D eigenvalue weighted by Gasteiger charge is 2.44. The SMILES string of the molecule is Cn1nnc2cc(CCC(=O)C3CC(c4ccc(F)cc4)CN3C(=O)C(N)CCc3ccccc3)ccc21.Cn1nnc2cc(CNC(=O)C3CC(NCc4ccccc4)CN3C(=O)C(N)CCc3ccccc3)ccc21.Cn1nnc2cc(CNC(=O)C3CC(c4ccccc4)CN3C(=O)C(N)CCC(=O)N3CCCC3)ccc21. The van der Waals surface area contributed by atoms with E-state index in [0.717, 1.165) is 104 Å². The molecule has 0 bridgehead atoms. The molecule has 9 unspecified atom stereocenters. The number of ketones is 1. The molecule has 0 saturated carbocycles. The zero-order valence-corrected chi connectivity index (χ0v) is 65.4. The maximum atomic E-state index is 13.5. The minimum Gasteiger partial charge on any atom is -0.350 e. The number of hydrogen-bond donors (Lipinski definition) is 6. The smallest absolute Gasteiger partial charge is 0.243 e. The van der Waals surface area contributed by atoms with Crippen LogP contribution in [-0.2, 0) is 93.6 Å². The second kappa shape index (κ2) is 38.4. The Morgan fingerprint density at radius 3 is 1.33 bits per heavy atom. The monoisotopic (exact) mass is 1560 g/mol. The van der Waals surface area contributed by atoms with E-state index >= 15 is 0 Å². The molecule has 8 aromatic carbocycles. The van der Waals surface area contributed by atoms with Gasteiger partial charge in [-0.15, -0.1) is 15.3 Å². The fourth-order valence-electron chi connectivity index (χ4n) is 16.0. The van der Waals surface area contributed by atoms with Gasteiger partial charge in [-0.2, -0.15) is 0 Å². The van der Waals surface area contributed by atoms with E-state index in [1.165, 1.54) is 12.1 Å². The summed E-state index contributed by atoms with van der Waals surface area (Å²) >= 11 is 0. The van der Waals surface area contributed by atoms with Crippen LogP contribution in [0.3, 0.4) is 0 Å². The topological polar surface area (TPSA) is 339 Å². The molecular weight excluding hydrogens is 1450 g/mol. The predicted octanol–water partition coefficient (Wildman–Crippen LogP) is 7.96. The van der Waals surface area contributed by atoms with Gasteiger partial charge in [-0.1, -0.05) is 167 Å². The predicted molar refractivity (Wildman–Crippen MR) is 437 cm³/mol. The van der Waals surface area contributed by atoms with Crippen molar-refractivity contribution in [3.8, 4) is 0 Å². The maximum Gasteiger partial charge on any atom is 0.243 e. The van der Waals surface area contributed by atoms with Crippen LogP contribution in [0.2, 0.25) is 0 Å². The fraction of sp³-hybridized carbons (Fsp3) is 0.375. The van der Waals surface area contributed by atoms with Crippen molar-refractivity contribution < 1.29 is 38.0 Å². The molecule has 0 radical (unpaired) electrons. The number of nitrogens with zero attached hydrogens (tertiary/aromatic N) is 13. The van der Waals surface area contributed by atoms with Gasteiger partial charge in [-0.05, 0) is 164 Å². The number of nitrogens with one attached hydrogen (secondary N) is 3. The molecule has 4 aliphatic rings. The van der Waals surface area contributed by atoms with E-state index in [9.17, 15) is 38.0 Å². The number of rotatable bonds is 27. The molecule has 0 spiro atoms. The van der Waals surface area contributed by atoms with Gasteiger partial charge >= 0.3 is 0 Å². The highest BCUT2D eigenvalue weighted by molar-refractivity contribution is 5.93. The lowest BCUT2D eigenvalue weighted by Crippen LogP contribution is -2.51. The minimum absolute atomic E-state index is 0.0115. The molecule has 4 aliphatic heterocycles. The highest BCUT2D eigenvalue weighted by Crippen LogP contribution is 2.36. The molecule has 0 aliphatic carbocycles. The number of carbonyl (C=O) groups excluding carboxylic acids is 7. The molecular formula is C88H102FN19O7.